The van der Waals surface area contributed by atoms with Crippen LogP contribution in [-0.2, 0) is 13.1 Å². The van der Waals surface area contributed by atoms with E-state index in [0.717, 1.165) is 28.4 Å². The average molecular weight is 625 g/mol. The number of amides is 1. The van der Waals surface area contributed by atoms with Gasteiger partial charge in [-0.2, -0.15) is 0 Å². The number of aliphatic hydroxyl groups is 1. The molecule has 228 valence electrons. The number of hydrogen-bond acceptors (Lipinski definition) is 7. The molecule has 0 radical (unpaired) electrons. The molecule has 2 aromatic heterocycles. The number of nitrogens with one attached hydrogen (secondary N) is 2. The number of hydrogen-bond donors (Lipinski definition) is 3. The van der Waals surface area contributed by atoms with Crippen molar-refractivity contribution < 1.29 is 27.5 Å². The van der Waals surface area contributed by atoms with Crippen molar-refractivity contribution in [3.63, 3.8) is 0 Å². The summed E-state index contributed by atoms with van der Waals surface area (Å²) in [6.45, 7) is 2.69. The van der Waals surface area contributed by atoms with E-state index in [9.17, 15) is 18.7 Å². The maximum absolute atomic E-state index is 15.8. The predicted molar refractivity (Wildman–Crippen MR) is 158 cm³/mol. The molecule has 1 amide bonds. The Kier molecular flexibility index (Phi) is 10.6. The average Bonchev–Trinajstić information content (AvgIpc) is 3.69. The lowest BCUT2D eigenvalue weighted by Crippen LogP contribution is -2.60. The molecule has 3 heterocycles. The first kappa shape index (κ1) is 32.1. The zero-order valence-corrected chi connectivity index (χ0v) is 24.1. The van der Waals surface area contributed by atoms with Crippen molar-refractivity contribution >= 4 is 17.2 Å². The fourth-order valence-electron chi connectivity index (χ4n) is 4.18. The topological polar surface area (TPSA) is 105 Å². The Balaban J connectivity index is 1.38. The molecule has 0 saturated heterocycles. The van der Waals surface area contributed by atoms with Gasteiger partial charge in [0.15, 0.2) is 5.60 Å². The van der Waals surface area contributed by atoms with E-state index in [4.69, 9.17) is 0 Å². The van der Waals surface area contributed by atoms with E-state index < -0.39 is 29.9 Å². The lowest BCUT2D eigenvalue weighted by molar-refractivity contribution is -0.200. The third kappa shape index (κ3) is 8.62. The highest BCUT2D eigenvalue weighted by Crippen LogP contribution is 2.38. The van der Waals surface area contributed by atoms with Crippen molar-refractivity contribution in [3.8, 4) is 11.8 Å². The number of carbonyl (C=O) groups excluding carboxylic acids is 1. The monoisotopic (exact) mass is 624 g/mol. The van der Waals surface area contributed by atoms with Crippen LogP contribution in [0.4, 0.5) is 17.6 Å². The van der Waals surface area contributed by atoms with Crippen LogP contribution in [0.15, 0.2) is 103 Å². The molecule has 3 aromatic rings. The zero-order valence-electron chi connectivity index (χ0n) is 23.3. The van der Waals surface area contributed by atoms with E-state index in [1.165, 1.54) is 48.7 Å². The second kappa shape index (κ2) is 14.6. The van der Waals surface area contributed by atoms with Gasteiger partial charge in [0.05, 0.1) is 16.3 Å². The quantitative estimate of drug-likeness (QED) is 0.149. The highest BCUT2D eigenvalue weighted by atomic mass is 32.1. The van der Waals surface area contributed by atoms with Crippen molar-refractivity contribution in [2.75, 3.05) is 0 Å². The molecule has 1 aromatic carbocycles. The molecule has 0 fully saturated rings. The number of carbonyl (C=O) groups is 1. The van der Waals surface area contributed by atoms with Gasteiger partial charge in [0, 0.05) is 18.3 Å². The van der Waals surface area contributed by atoms with Gasteiger partial charge in [-0.3, -0.25) is 4.79 Å². The molecule has 8 nitrogen and oxygen atoms in total. The summed E-state index contributed by atoms with van der Waals surface area (Å²) in [6.07, 6.45) is 10.3. The minimum Gasteiger partial charge on any atom is -0.382 e. The first-order chi connectivity index (χ1) is 21.1. The molecule has 2 atom stereocenters. The SMILES string of the molecule is C=C(F)/C=C\C=C/CCC(O)(Cn1cnnn1)C(F)(F)C1C=CC(C#Cc2ccc(C(=O)NCc3cccc(F)c3)s2)=CN1. The van der Waals surface area contributed by atoms with Crippen LogP contribution >= 0.6 is 11.3 Å². The van der Waals surface area contributed by atoms with E-state index in [-0.39, 0.29) is 31.1 Å². The Morgan fingerprint density at radius 2 is 2.09 bits per heavy atom. The van der Waals surface area contributed by atoms with Gasteiger partial charge in [0.25, 0.3) is 5.91 Å². The Labute approximate surface area is 255 Å². The Morgan fingerprint density at radius 3 is 2.80 bits per heavy atom. The lowest BCUT2D eigenvalue weighted by atomic mass is 9.84. The number of rotatable bonds is 12. The summed E-state index contributed by atoms with van der Waals surface area (Å²) < 4.78 is 58.7. The third-order valence-corrected chi connectivity index (χ3v) is 7.46. The number of benzene rings is 1. The van der Waals surface area contributed by atoms with E-state index in [1.54, 1.807) is 24.3 Å². The van der Waals surface area contributed by atoms with Crippen LogP contribution in [-0.4, -0.2) is 48.8 Å². The predicted octanol–water partition coefficient (Wildman–Crippen LogP) is 5.01. The number of nitrogens with zero attached hydrogens (tertiary/aromatic N) is 4. The molecule has 44 heavy (non-hydrogen) atoms. The molecule has 3 N–H and O–H groups in total. The van der Waals surface area contributed by atoms with Gasteiger partial charge in [-0.15, -0.1) is 16.4 Å². The fraction of sp³-hybridized carbons (Fsp3) is 0.226. The molecule has 1 aliphatic rings. The molecular formula is C31H28F4N6O2S. The van der Waals surface area contributed by atoms with Crippen LogP contribution in [0.25, 0.3) is 0 Å². The van der Waals surface area contributed by atoms with E-state index in [1.807, 2.05) is 0 Å². The molecular weight excluding hydrogens is 596 g/mol. The van der Waals surface area contributed by atoms with Crippen molar-refractivity contribution in [3.05, 3.63) is 124 Å². The Hall–Kier alpha value is -4.80. The fourth-order valence-corrected chi connectivity index (χ4v) is 4.96. The van der Waals surface area contributed by atoms with Gasteiger partial charge in [0.1, 0.15) is 24.0 Å². The van der Waals surface area contributed by atoms with Gasteiger partial charge in [-0.05, 0) is 65.2 Å². The second-order valence-electron chi connectivity index (χ2n) is 9.76. The van der Waals surface area contributed by atoms with Crippen LogP contribution in [0.1, 0.15) is 33.0 Å². The van der Waals surface area contributed by atoms with Crippen LogP contribution < -0.4 is 10.6 Å². The van der Waals surface area contributed by atoms with Gasteiger partial charge in [-0.25, -0.2) is 22.2 Å². The molecule has 0 aliphatic carbocycles. The Morgan fingerprint density at radius 1 is 1.25 bits per heavy atom. The number of dihydropyridines is 1. The largest absolute Gasteiger partial charge is 0.382 e. The summed E-state index contributed by atoms with van der Waals surface area (Å²) in [6, 6.07) is 7.65. The molecule has 0 saturated carbocycles. The summed E-state index contributed by atoms with van der Waals surface area (Å²) >= 11 is 1.16. The third-order valence-electron chi connectivity index (χ3n) is 6.46. The molecule has 0 bridgehead atoms. The van der Waals surface area contributed by atoms with Gasteiger partial charge < -0.3 is 15.7 Å². The number of tetrazole rings is 1. The number of halogens is 4. The van der Waals surface area contributed by atoms with Crippen LogP contribution in [0, 0.1) is 17.7 Å². The summed E-state index contributed by atoms with van der Waals surface area (Å²) in [5.41, 5.74) is -1.51. The van der Waals surface area contributed by atoms with Gasteiger partial charge >= 0.3 is 5.92 Å². The van der Waals surface area contributed by atoms with Gasteiger partial charge in [0.2, 0.25) is 0 Å². The van der Waals surface area contributed by atoms with Crippen molar-refractivity contribution in [2.45, 2.75) is 43.5 Å². The number of aromatic nitrogens is 4. The smallest absolute Gasteiger partial charge is 0.301 e. The second-order valence-corrected chi connectivity index (χ2v) is 10.8. The minimum absolute atomic E-state index is 0.0615. The van der Waals surface area contributed by atoms with Crippen LogP contribution in [0.5, 0.6) is 0 Å². The van der Waals surface area contributed by atoms with Crippen molar-refractivity contribution in [1.29, 1.82) is 0 Å². The normalized spacial score (nSPS) is 16.2. The number of alkyl halides is 2. The summed E-state index contributed by atoms with van der Waals surface area (Å²) in [5, 5.41) is 27.1. The summed E-state index contributed by atoms with van der Waals surface area (Å²) in [7, 11) is 0. The molecule has 4 rings (SSSR count). The van der Waals surface area contributed by atoms with Crippen LogP contribution in [0.3, 0.4) is 0 Å². The van der Waals surface area contributed by atoms with E-state index in [0.29, 0.717) is 20.9 Å². The first-order valence-electron chi connectivity index (χ1n) is 13.3. The lowest BCUT2D eigenvalue weighted by Gasteiger charge is -2.40. The maximum atomic E-state index is 15.8. The molecule has 13 heteroatoms. The first-order valence-corrected chi connectivity index (χ1v) is 14.1. The molecule has 0 spiro atoms. The molecule has 1 aliphatic heterocycles. The minimum atomic E-state index is -3.68. The van der Waals surface area contributed by atoms with E-state index >= 15 is 8.78 Å². The van der Waals surface area contributed by atoms with Gasteiger partial charge in [-0.1, -0.05) is 54.9 Å². The number of allylic oxidation sites excluding steroid dienone is 7. The highest BCUT2D eigenvalue weighted by Gasteiger charge is 2.57. The number of thiophene rings is 1. The zero-order chi connectivity index (χ0) is 31.6. The standard InChI is InChI=1S/C31H28F4N6O2S/c1-22(32)7-4-2-3-5-16-30(43,20-41-21-38-39-40-41)31(34,35)28-15-11-23(18-36-28)10-12-26-13-14-27(44-26)29(42)37-19-24-8-6-9-25(33)17-24/h2-4,6-9,11,13-15,17-18,21,28,36,43H,1,5,16,19-20H2,(H,37,42)/b3-2-,7-4-. The Bertz CT molecular complexity index is 1650. The summed E-state index contributed by atoms with van der Waals surface area (Å²) in [4.78, 5) is 13.5. The van der Waals surface area contributed by atoms with E-state index in [2.05, 4.69) is 44.6 Å². The summed E-state index contributed by atoms with van der Waals surface area (Å²) in [5.74, 6) is 0.743. The van der Waals surface area contributed by atoms with Crippen LogP contribution in [0.2, 0.25) is 0 Å². The maximum Gasteiger partial charge on any atom is 0.301 e. The van der Waals surface area contributed by atoms with Crippen molar-refractivity contribution in [1.82, 2.24) is 30.8 Å². The molecule has 2 unspecified atom stereocenters. The van der Waals surface area contributed by atoms with Crippen molar-refractivity contribution in [2.24, 2.45) is 0 Å². The highest BCUT2D eigenvalue weighted by molar-refractivity contribution is 7.14.